The predicted octanol–water partition coefficient (Wildman–Crippen LogP) is 7.89. The van der Waals surface area contributed by atoms with Crippen LogP contribution in [0.4, 0.5) is 0 Å². The van der Waals surface area contributed by atoms with Gasteiger partial charge >= 0.3 is 0 Å². The van der Waals surface area contributed by atoms with E-state index in [1.165, 1.54) is 50.1 Å². The molecule has 0 aliphatic heterocycles. The van der Waals surface area contributed by atoms with E-state index in [1.54, 1.807) is 0 Å². The average Bonchev–Trinajstić information content (AvgIpc) is 2.72. The quantitative estimate of drug-likeness (QED) is 0.381. The molecule has 0 saturated carbocycles. The first-order valence-corrected chi connectivity index (χ1v) is 10.3. The van der Waals surface area contributed by atoms with Crippen LogP contribution in [0, 0.1) is 0 Å². The highest BCUT2D eigenvalue weighted by Crippen LogP contribution is 2.47. The SMILES string of the molecule is CC(C)(C)c1ccc2c(c1)-c1ccccc1C1=C(CCC=C1)c1ccccc1-2. The summed E-state index contributed by atoms with van der Waals surface area (Å²) in [4.78, 5) is 0. The van der Waals surface area contributed by atoms with Crippen molar-refractivity contribution in [2.24, 2.45) is 0 Å². The average molecular weight is 363 g/mol. The minimum atomic E-state index is 0.126. The second kappa shape index (κ2) is 6.34. The third-order valence-corrected chi connectivity index (χ3v) is 6.11. The van der Waals surface area contributed by atoms with Crippen molar-refractivity contribution in [3.05, 3.63) is 95.6 Å². The highest BCUT2D eigenvalue weighted by atomic mass is 14.3. The van der Waals surface area contributed by atoms with Crippen LogP contribution in [0.1, 0.15) is 50.3 Å². The number of allylic oxidation sites excluding steroid dienone is 4. The number of fused-ring (bicyclic) bond motifs is 7. The minimum Gasteiger partial charge on any atom is -0.0836 e. The monoisotopic (exact) mass is 362 g/mol. The lowest BCUT2D eigenvalue weighted by Crippen LogP contribution is -2.11. The maximum atomic E-state index is 2.42. The lowest BCUT2D eigenvalue weighted by Gasteiger charge is -2.28. The molecule has 2 aliphatic carbocycles. The Morgan fingerprint density at radius 2 is 1.25 bits per heavy atom. The molecule has 0 N–H and O–H groups in total. The number of hydrogen-bond donors (Lipinski definition) is 0. The van der Waals surface area contributed by atoms with E-state index in [0.717, 1.165) is 12.8 Å². The van der Waals surface area contributed by atoms with E-state index in [1.807, 2.05) is 0 Å². The topological polar surface area (TPSA) is 0 Å². The molecule has 0 fully saturated rings. The molecule has 0 atom stereocenters. The van der Waals surface area contributed by atoms with Crippen LogP contribution in [-0.4, -0.2) is 0 Å². The van der Waals surface area contributed by atoms with Crippen molar-refractivity contribution in [1.82, 2.24) is 0 Å². The first-order valence-electron chi connectivity index (χ1n) is 10.3. The van der Waals surface area contributed by atoms with Gasteiger partial charge in [0.25, 0.3) is 0 Å². The minimum absolute atomic E-state index is 0.126. The molecule has 0 nitrogen and oxygen atoms in total. The molecule has 0 heterocycles. The van der Waals surface area contributed by atoms with Crippen LogP contribution in [0.3, 0.4) is 0 Å². The van der Waals surface area contributed by atoms with Crippen molar-refractivity contribution in [2.75, 3.05) is 0 Å². The molecule has 0 heteroatoms. The molecule has 0 spiro atoms. The van der Waals surface area contributed by atoms with E-state index in [2.05, 4.69) is 99.7 Å². The fourth-order valence-electron chi connectivity index (χ4n) is 4.60. The van der Waals surface area contributed by atoms with Crippen LogP contribution in [0.25, 0.3) is 33.4 Å². The Bertz CT molecular complexity index is 1130. The lowest BCUT2D eigenvalue weighted by molar-refractivity contribution is 0.590. The van der Waals surface area contributed by atoms with E-state index >= 15 is 0 Å². The fourth-order valence-corrected chi connectivity index (χ4v) is 4.60. The standard InChI is InChI=1S/C28H26/c1-28(2,3)19-16-17-26-24-14-7-6-12-22(24)20-10-4-5-11-21(20)23-13-8-9-15-25(23)27(26)18-19/h5-9,11-18H,4,10H2,1-3H3. The molecule has 3 aromatic rings. The molecule has 0 radical (unpaired) electrons. The summed E-state index contributed by atoms with van der Waals surface area (Å²) in [6.07, 6.45) is 6.89. The van der Waals surface area contributed by atoms with Crippen LogP contribution in [0.5, 0.6) is 0 Å². The summed E-state index contributed by atoms with van der Waals surface area (Å²) >= 11 is 0. The van der Waals surface area contributed by atoms with E-state index in [4.69, 9.17) is 0 Å². The molecular formula is C28H26. The van der Waals surface area contributed by atoms with Gasteiger partial charge in [0, 0.05) is 0 Å². The van der Waals surface area contributed by atoms with Crippen LogP contribution in [-0.2, 0) is 5.41 Å². The van der Waals surface area contributed by atoms with Crippen molar-refractivity contribution in [3.8, 4) is 22.3 Å². The second-order valence-electron chi connectivity index (χ2n) is 8.93. The summed E-state index contributed by atoms with van der Waals surface area (Å²) in [6.45, 7) is 6.88. The normalized spacial score (nSPS) is 15.1. The maximum Gasteiger partial charge on any atom is -0.00960 e. The molecule has 0 amide bonds. The highest BCUT2D eigenvalue weighted by molar-refractivity contribution is 6.07. The van der Waals surface area contributed by atoms with Gasteiger partial charge in [0.15, 0.2) is 0 Å². The summed E-state index contributed by atoms with van der Waals surface area (Å²) in [5.41, 5.74) is 12.5. The Morgan fingerprint density at radius 3 is 1.96 bits per heavy atom. The molecule has 2 aliphatic rings. The lowest BCUT2D eigenvalue weighted by atomic mass is 9.76. The summed E-state index contributed by atoms with van der Waals surface area (Å²) in [7, 11) is 0. The van der Waals surface area contributed by atoms with Gasteiger partial charge < -0.3 is 0 Å². The summed E-state index contributed by atoms with van der Waals surface area (Å²) < 4.78 is 0. The molecule has 0 unspecified atom stereocenters. The van der Waals surface area contributed by atoms with E-state index in [-0.39, 0.29) is 5.41 Å². The van der Waals surface area contributed by atoms with Gasteiger partial charge in [-0.1, -0.05) is 93.6 Å². The fraction of sp³-hybridized carbons (Fsp3) is 0.214. The predicted molar refractivity (Wildman–Crippen MR) is 121 cm³/mol. The van der Waals surface area contributed by atoms with Gasteiger partial charge in [0.1, 0.15) is 0 Å². The third kappa shape index (κ3) is 2.67. The second-order valence-corrected chi connectivity index (χ2v) is 8.93. The smallest absolute Gasteiger partial charge is 0.00960 e. The van der Waals surface area contributed by atoms with Crippen molar-refractivity contribution >= 4 is 11.1 Å². The van der Waals surface area contributed by atoms with Gasteiger partial charge in [-0.15, -0.1) is 0 Å². The number of rotatable bonds is 0. The van der Waals surface area contributed by atoms with E-state index in [9.17, 15) is 0 Å². The summed E-state index contributed by atoms with van der Waals surface area (Å²) in [5.74, 6) is 0. The van der Waals surface area contributed by atoms with E-state index < -0.39 is 0 Å². The summed E-state index contributed by atoms with van der Waals surface area (Å²) in [6, 6.07) is 25.0. The van der Waals surface area contributed by atoms with Crippen molar-refractivity contribution in [3.63, 3.8) is 0 Å². The highest BCUT2D eigenvalue weighted by Gasteiger charge is 2.25. The zero-order chi connectivity index (χ0) is 19.3. The molecule has 28 heavy (non-hydrogen) atoms. The zero-order valence-corrected chi connectivity index (χ0v) is 16.9. The van der Waals surface area contributed by atoms with Crippen LogP contribution >= 0.6 is 0 Å². The Kier molecular flexibility index (Phi) is 3.91. The largest absolute Gasteiger partial charge is 0.0836 e. The molecule has 138 valence electrons. The van der Waals surface area contributed by atoms with Gasteiger partial charge in [-0.05, 0) is 74.4 Å². The Hall–Kier alpha value is -2.86. The number of hydrogen-bond acceptors (Lipinski definition) is 0. The Balaban J connectivity index is 1.93. The van der Waals surface area contributed by atoms with Gasteiger partial charge in [0.05, 0.1) is 0 Å². The first kappa shape index (κ1) is 17.3. The zero-order valence-electron chi connectivity index (χ0n) is 16.9. The first-order chi connectivity index (χ1) is 13.5. The van der Waals surface area contributed by atoms with Crippen LogP contribution < -0.4 is 0 Å². The third-order valence-electron chi connectivity index (χ3n) is 6.11. The van der Waals surface area contributed by atoms with Crippen molar-refractivity contribution in [1.29, 1.82) is 0 Å². The molecule has 5 rings (SSSR count). The Morgan fingerprint density at radius 1 is 0.643 bits per heavy atom. The maximum absolute atomic E-state index is 2.42. The van der Waals surface area contributed by atoms with Crippen LogP contribution in [0.2, 0.25) is 0 Å². The number of benzene rings is 3. The van der Waals surface area contributed by atoms with Gasteiger partial charge in [-0.3, -0.25) is 0 Å². The van der Waals surface area contributed by atoms with Crippen molar-refractivity contribution < 1.29 is 0 Å². The molecule has 0 bridgehead atoms. The molecule has 0 saturated heterocycles. The molecular weight excluding hydrogens is 336 g/mol. The Labute approximate surface area is 168 Å². The molecule has 0 aromatic heterocycles. The van der Waals surface area contributed by atoms with Crippen molar-refractivity contribution in [2.45, 2.75) is 39.0 Å². The van der Waals surface area contributed by atoms with E-state index in [0.29, 0.717) is 0 Å². The van der Waals surface area contributed by atoms with Gasteiger partial charge in [0.2, 0.25) is 0 Å². The summed E-state index contributed by atoms with van der Waals surface area (Å²) in [5, 5.41) is 0. The molecule has 3 aromatic carbocycles. The van der Waals surface area contributed by atoms with Crippen LogP contribution in [0.15, 0.2) is 78.9 Å². The van der Waals surface area contributed by atoms with Gasteiger partial charge in [-0.2, -0.15) is 0 Å². The van der Waals surface area contributed by atoms with Gasteiger partial charge in [-0.25, -0.2) is 0 Å².